The highest BCUT2D eigenvalue weighted by molar-refractivity contribution is 7.91. The van der Waals surface area contributed by atoms with E-state index in [0.717, 1.165) is 29.0 Å². The third kappa shape index (κ3) is 4.44. The molecule has 0 saturated heterocycles. The summed E-state index contributed by atoms with van der Waals surface area (Å²) < 4.78 is 30.6. The number of allylic oxidation sites excluding steroid dienone is 3. The molecular weight excluding hydrogens is 568 g/mol. The predicted molar refractivity (Wildman–Crippen MR) is 158 cm³/mol. The van der Waals surface area contributed by atoms with Gasteiger partial charge in [0.1, 0.15) is 15.4 Å². The highest BCUT2D eigenvalue weighted by Crippen LogP contribution is 2.46. The Morgan fingerprint density at radius 2 is 2.02 bits per heavy atom. The predicted octanol–water partition coefficient (Wildman–Crippen LogP) is 4.70. The SMILES string of the molecule is CN(C)CCn1cc(C2C=CC(Cl)=CC2(C)S(=O)(=O)n2ccc3c(-c4cnc(C5(O)CCC5)s4)ccnc32)cn1. The lowest BCUT2D eigenvalue weighted by Crippen LogP contribution is -2.43. The molecule has 2 aliphatic carbocycles. The number of rotatable bonds is 8. The molecule has 0 amide bonds. The van der Waals surface area contributed by atoms with Crippen molar-refractivity contribution < 1.29 is 13.5 Å². The van der Waals surface area contributed by atoms with Crippen molar-refractivity contribution in [1.29, 1.82) is 0 Å². The van der Waals surface area contributed by atoms with Crippen LogP contribution in [0.2, 0.25) is 0 Å². The third-order valence-electron chi connectivity index (χ3n) is 8.00. The number of hydrogen-bond donors (Lipinski definition) is 1. The molecule has 4 aromatic rings. The third-order valence-corrected chi connectivity index (χ3v) is 11.8. The Hall–Kier alpha value is -2.83. The summed E-state index contributed by atoms with van der Waals surface area (Å²) in [5, 5.41) is 17.0. The molecule has 1 saturated carbocycles. The number of likely N-dealkylation sites (N-methyl/N-ethyl adjacent to an activating group) is 1. The van der Waals surface area contributed by atoms with Crippen LogP contribution in [-0.4, -0.2) is 67.5 Å². The van der Waals surface area contributed by atoms with Gasteiger partial charge in [0.05, 0.1) is 17.6 Å². The van der Waals surface area contributed by atoms with Crippen LogP contribution in [0.1, 0.15) is 42.7 Å². The molecule has 4 heterocycles. The standard InChI is InChI=1S/C28H31ClN6O3S2/c1-27(15-20(29)5-6-23(27)19-16-32-34(18-19)14-13-33(2)3)40(37,38)35-12-8-22-21(7-11-30-25(22)35)24-17-31-26(39-24)28(36)9-4-10-28/h5-8,11-12,15-18,23,36H,4,9-10,13-14H2,1-3H3. The van der Waals surface area contributed by atoms with Crippen LogP contribution in [0.3, 0.4) is 0 Å². The Morgan fingerprint density at radius 3 is 2.75 bits per heavy atom. The highest BCUT2D eigenvalue weighted by Gasteiger charge is 2.48. The molecule has 2 atom stereocenters. The van der Waals surface area contributed by atoms with Gasteiger partial charge < -0.3 is 10.0 Å². The van der Waals surface area contributed by atoms with Crippen LogP contribution >= 0.6 is 22.9 Å². The Labute approximate surface area is 242 Å². The number of nitrogens with zero attached hydrogens (tertiary/aromatic N) is 6. The number of halogens is 1. The molecule has 0 radical (unpaired) electrons. The fraction of sp³-hybridized carbons (Fsp3) is 0.393. The van der Waals surface area contributed by atoms with Crippen LogP contribution < -0.4 is 0 Å². The van der Waals surface area contributed by atoms with E-state index in [9.17, 15) is 13.5 Å². The van der Waals surface area contributed by atoms with Gasteiger partial charge in [-0.05, 0) is 70.1 Å². The fourth-order valence-corrected chi connectivity index (χ4v) is 8.70. The quantitative estimate of drug-likeness (QED) is 0.313. The number of aromatic nitrogens is 5. The molecule has 1 fully saturated rings. The van der Waals surface area contributed by atoms with Crippen molar-refractivity contribution in [3.63, 3.8) is 0 Å². The summed E-state index contributed by atoms with van der Waals surface area (Å²) in [6.07, 6.45) is 16.1. The van der Waals surface area contributed by atoms with Gasteiger partial charge in [0.2, 0.25) is 10.0 Å². The minimum atomic E-state index is -4.06. The topological polar surface area (TPSA) is 106 Å². The second-order valence-electron chi connectivity index (χ2n) is 11.0. The van der Waals surface area contributed by atoms with Crippen molar-refractivity contribution >= 4 is 44.0 Å². The first-order valence-electron chi connectivity index (χ1n) is 13.2. The maximum absolute atomic E-state index is 14.5. The fourth-order valence-electron chi connectivity index (χ4n) is 5.41. The molecule has 4 aromatic heterocycles. The van der Waals surface area contributed by atoms with Gasteiger partial charge in [-0.15, -0.1) is 11.3 Å². The molecular formula is C28H31ClN6O3S2. The zero-order valence-electron chi connectivity index (χ0n) is 22.5. The van der Waals surface area contributed by atoms with Crippen molar-refractivity contribution in [2.24, 2.45) is 0 Å². The monoisotopic (exact) mass is 598 g/mol. The lowest BCUT2D eigenvalue weighted by molar-refractivity contribution is -0.0389. The van der Waals surface area contributed by atoms with Gasteiger partial charge in [0, 0.05) is 53.2 Å². The molecule has 1 N–H and O–H groups in total. The highest BCUT2D eigenvalue weighted by atomic mass is 35.5. The Morgan fingerprint density at radius 1 is 1.23 bits per heavy atom. The second-order valence-corrected chi connectivity index (χ2v) is 14.7. The minimum absolute atomic E-state index is 0.329. The molecule has 40 heavy (non-hydrogen) atoms. The smallest absolute Gasteiger partial charge is 0.250 e. The van der Waals surface area contributed by atoms with Crippen LogP contribution in [0.4, 0.5) is 0 Å². The summed E-state index contributed by atoms with van der Waals surface area (Å²) in [5.74, 6) is -0.513. The van der Waals surface area contributed by atoms with Gasteiger partial charge in [0.25, 0.3) is 0 Å². The van der Waals surface area contributed by atoms with Crippen molar-refractivity contribution in [3.8, 4) is 10.4 Å². The van der Waals surface area contributed by atoms with E-state index >= 15 is 0 Å². The molecule has 0 bridgehead atoms. The average molecular weight is 599 g/mol. The minimum Gasteiger partial charge on any atom is -0.383 e. The number of thiazole rings is 1. The van der Waals surface area contributed by atoms with E-state index in [1.165, 1.54) is 15.3 Å². The first kappa shape index (κ1) is 27.3. The van der Waals surface area contributed by atoms with Crippen LogP contribution in [0.15, 0.2) is 66.4 Å². The van der Waals surface area contributed by atoms with Crippen LogP contribution in [0.5, 0.6) is 0 Å². The first-order chi connectivity index (χ1) is 19.0. The molecule has 6 rings (SSSR count). The van der Waals surface area contributed by atoms with E-state index in [2.05, 4.69) is 20.0 Å². The molecule has 0 spiro atoms. The molecule has 210 valence electrons. The summed E-state index contributed by atoms with van der Waals surface area (Å²) in [6.45, 7) is 3.20. The second kappa shape index (κ2) is 9.92. The molecule has 0 aromatic carbocycles. The number of fused-ring (bicyclic) bond motifs is 1. The van der Waals surface area contributed by atoms with Gasteiger partial charge in [0.15, 0.2) is 5.65 Å². The summed E-state index contributed by atoms with van der Waals surface area (Å²) in [6, 6.07) is 3.63. The molecule has 2 unspecified atom stereocenters. The summed E-state index contributed by atoms with van der Waals surface area (Å²) in [7, 11) is -0.0649. The average Bonchev–Trinajstić information content (AvgIpc) is 3.65. The van der Waals surface area contributed by atoms with Crippen LogP contribution in [0, 0.1) is 0 Å². The number of pyridine rings is 1. The van der Waals surface area contributed by atoms with Gasteiger partial charge in [-0.1, -0.05) is 17.7 Å². The van der Waals surface area contributed by atoms with Crippen molar-refractivity contribution in [2.75, 3.05) is 20.6 Å². The van der Waals surface area contributed by atoms with Crippen LogP contribution in [-0.2, 0) is 22.2 Å². The lowest BCUT2D eigenvalue weighted by atomic mass is 9.81. The largest absolute Gasteiger partial charge is 0.383 e. The van der Waals surface area contributed by atoms with Gasteiger partial charge in [-0.3, -0.25) is 4.68 Å². The molecule has 12 heteroatoms. The summed E-state index contributed by atoms with van der Waals surface area (Å²) in [5.41, 5.74) is 1.09. The van der Waals surface area contributed by atoms with Crippen molar-refractivity contribution in [3.05, 3.63) is 76.9 Å². The normalized spacial score (nSPS) is 22.6. The van der Waals surface area contributed by atoms with E-state index in [1.807, 2.05) is 37.1 Å². The zero-order chi connectivity index (χ0) is 28.3. The van der Waals surface area contributed by atoms with E-state index in [0.29, 0.717) is 40.5 Å². The van der Waals surface area contributed by atoms with Crippen molar-refractivity contribution in [2.45, 2.75) is 49.0 Å². The van der Waals surface area contributed by atoms with E-state index < -0.39 is 26.3 Å². The van der Waals surface area contributed by atoms with Gasteiger partial charge in [-0.25, -0.2) is 22.4 Å². The summed E-state index contributed by atoms with van der Waals surface area (Å²) in [4.78, 5) is 11.9. The lowest BCUT2D eigenvalue weighted by Gasteiger charge is -2.35. The van der Waals surface area contributed by atoms with Gasteiger partial charge >= 0.3 is 0 Å². The Kier molecular flexibility index (Phi) is 6.78. The van der Waals surface area contributed by atoms with E-state index in [-0.39, 0.29) is 0 Å². The van der Waals surface area contributed by atoms with Crippen LogP contribution in [0.25, 0.3) is 21.5 Å². The number of hydrogen-bond acceptors (Lipinski definition) is 8. The Bertz CT molecular complexity index is 1750. The molecule has 9 nitrogen and oxygen atoms in total. The maximum Gasteiger partial charge on any atom is 0.250 e. The van der Waals surface area contributed by atoms with Crippen molar-refractivity contribution in [1.82, 2.24) is 28.6 Å². The van der Waals surface area contributed by atoms with Gasteiger partial charge in [-0.2, -0.15) is 5.10 Å². The molecule has 2 aliphatic rings. The number of aliphatic hydroxyl groups is 1. The maximum atomic E-state index is 14.5. The summed E-state index contributed by atoms with van der Waals surface area (Å²) >= 11 is 7.86. The van der Waals surface area contributed by atoms with E-state index in [1.54, 1.807) is 49.9 Å². The van der Waals surface area contributed by atoms with E-state index in [4.69, 9.17) is 11.6 Å². The Balaban J connectivity index is 1.39. The first-order valence-corrected chi connectivity index (χ1v) is 15.8. The molecule has 0 aliphatic heterocycles. The zero-order valence-corrected chi connectivity index (χ0v) is 24.9.